The predicted molar refractivity (Wildman–Crippen MR) is 73.9 cm³/mol. The number of carbonyl (C=O) groups is 2. The number of amides is 1. The van der Waals surface area contributed by atoms with Crippen LogP contribution in [0.4, 0.5) is 0 Å². The Bertz CT molecular complexity index is 436. The fourth-order valence-corrected chi connectivity index (χ4v) is 1.97. The summed E-state index contributed by atoms with van der Waals surface area (Å²) in [6.45, 7) is -0.0608. The lowest BCUT2D eigenvalue weighted by Crippen LogP contribution is -2.40. The lowest BCUT2D eigenvalue weighted by Gasteiger charge is -2.23. The van der Waals surface area contributed by atoms with E-state index in [-0.39, 0.29) is 25.5 Å². The highest BCUT2D eigenvalue weighted by Crippen LogP contribution is 2.18. The number of carbonyl (C=O) groups excluding carboxylic acids is 1. The molecule has 0 spiro atoms. The lowest BCUT2D eigenvalue weighted by molar-refractivity contribution is -0.140. The third-order valence-electron chi connectivity index (χ3n) is 3.00. The van der Waals surface area contributed by atoms with Crippen molar-refractivity contribution < 1.29 is 19.8 Å². The molecule has 0 aliphatic heterocycles. The van der Waals surface area contributed by atoms with Gasteiger partial charge in [-0.3, -0.25) is 14.9 Å². The number of nitrogens with one attached hydrogen (secondary N) is 1. The van der Waals surface area contributed by atoms with E-state index >= 15 is 0 Å². The van der Waals surface area contributed by atoms with Crippen LogP contribution in [0.1, 0.15) is 30.9 Å². The number of hydrogen-bond donors (Lipinski definition) is 4. The van der Waals surface area contributed by atoms with Crippen LogP contribution >= 0.6 is 0 Å². The van der Waals surface area contributed by atoms with Crippen molar-refractivity contribution in [1.82, 2.24) is 5.32 Å². The van der Waals surface area contributed by atoms with Crippen LogP contribution in [-0.4, -0.2) is 34.7 Å². The Balaban J connectivity index is 2.75. The standard InChI is InChI=1S/C14H20N2O4/c15-13(18)7-6-12(14(19)20)16-11(8-9-17)10-4-2-1-3-5-10/h1-5,11-12,16-17H,6-9H2,(H2,15,18)(H,19,20)/t11?,12-/m0/s1. The first-order valence-electron chi connectivity index (χ1n) is 6.47. The van der Waals surface area contributed by atoms with Crippen molar-refractivity contribution in [3.05, 3.63) is 35.9 Å². The SMILES string of the molecule is NC(=O)CC[C@H](NC(CCO)c1ccccc1)C(=O)O. The number of aliphatic hydroxyl groups excluding tert-OH is 1. The molecule has 0 aliphatic carbocycles. The third-order valence-corrected chi connectivity index (χ3v) is 3.00. The van der Waals surface area contributed by atoms with Crippen LogP contribution in [0.5, 0.6) is 0 Å². The fourth-order valence-electron chi connectivity index (χ4n) is 1.97. The molecular weight excluding hydrogens is 260 g/mol. The monoisotopic (exact) mass is 280 g/mol. The van der Waals surface area contributed by atoms with E-state index in [4.69, 9.17) is 10.8 Å². The lowest BCUT2D eigenvalue weighted by atomic mass is 10.0. The summed E-state index contributed by atoms with van der Waals surface area (Å²) in [5, 5.41) is 21.2. The van der Waals surface area contributed by atoms with Crippen molar-refractivity contribution >= 4 is 11.9 Å². The van der Waals surface area contributed by atoms with E-state index in [1.807, 2.05) is 30.3 Å². The number of aliphatic hydroxyl groups is 1. The molecule has 0 saturated carbocycles. The highest BCUT2D eigenvalue weighted by Gasteiger charge is 2.22. The summed E-state index contributed by atoms with van der Waals surface area (Å²) in [5.74, 6) is -1.57. The van der Waals surface area contributed by atoms with Gasteiger partial charge in [-0.05, 0) is 18.4 Å². The first kappa shape index (κ1) is 16.1. The van der Waals surface area contributed by atoms with Crippen LogP contribution in [0.2, 0.25) is 0 Å². The van der Waals surface area contributed by atoms with E-state index in [2.05, 4.69) is 5.32 Å². The molecule has 6 heteroatoms. The van der Waals surface area contributed by atoms with Crippen LogP contribution in [0.15, 0.2) is 30.3 Å². The first-order valence-corrected chi connectivity index (χ1v) is 6.47. The van der Waals surface area contributed by atoms with Gasteiger partial charge >= 0.3 is 5.97 Å². The van der Waals surface area contributed by atoms with E-state index in [1.54, 1.807) is 0 Å². The van der Waals surface area contributed by atoms with Gasteiger partial charge in [0.25, 0.3) is 0 Å². The van der Waals surface area contributed by atoms with Gasteiger partial charge < -0.3 is 15.9 Å². The Hall–Kier alpha value is -1.92. The number of nitrogens with two attached hydrogens (primary N) is 1. The van der Waals surface area contributed by atoms with E-state index < -0.39 is 17.9 Å². The van der Waals surface area contributed by atoms with Crippen molar-refractivity contribution in [2.24, 2.45) is 5.73 Å². The molecule has 0 bridgehead atoms. The molecule has 0 aromatic heterocycles. The average molecular weight is 280 g/mol. The van der Waals surface area contributed by atoms with Crippen LogP contribution in [-0.2, 0) is 9.59 Å². The third kappa shape index (κ3) is 5.38. The van der Waals surface area contributed by atoms with E-state index in [0.29, 0.717) is 6.42 Å². The molecule has 1 rings (SSSR count). The average Bonchev–Trinajstić information content (AvgIpc) is 2.42. The second-order valence-electron chi connectivity index (χ2n) is 4.54. The minimum Gasteiger partial charge on any atom is -0.480 e. The number of aliphatic carboxylic acids is 1. The van der Waals surface area contributed by atoms with Crippen molar-refractivity contribution in [3.63, 3.8) is 0 Å². The molecule has 6 nitrogen and oxygen atoms in total. The zero-order valence-electron chi connectivity index (χ0n) is 11.2. The maximum absolute atomic E-state index is 11.2. The zero-order chi connectivity index (χ0) is 15.0. The zero-order valence-corrected chi connectivity index (χ0v) is 11.2. The Labute approximate surface area is 117 Å². The second kappa shape index (κ2) is 8.29. The van der Waals surface area contributed by atoms with Gasteiger partial charge in [0.1, 0.15) is 6.04 Å². The van der Waals surface area contributed by atoms with Gasteiger partial charge in [0.15, 0.2) is 0 Å². The summed E-state index contributed by atoms with van der Waals surface area (Å²) in [6.07, 6.45) is 0.522. The number of hydrogen-bond acceptors (Lipinski definition) is 4. The minimum atomic E-state index is -1.04. The van der Waals surface area contributed by atoms with Crippen molar-refractivity contribution in [3.8, 4) is 0 Å². The largest absolute Gasteiger partial charge is 0.480 e. The topological polar surface area (TPSA) is 113 Å². The van der Waals surface area contributed by atoms with E-state index in [9.17, 15) is 14.7 Å². The number of primary amides is 1. The summed E-state index contributed by atoms with van der Waals surface area (Å²) in [5.41, 5.74) is 5.94. The van der Waals surface area contributed by atoms with Gasteiger partial charge in [0.05, 0.1) is 0 Å². The highest BCUT2D eigenvalue weighted by molar-refractivity contribution is 5.77. The highest BCUT2D eigenvalue weighted by atomic mass is 16.4. The van der Waals surface area contributed by atoms with Crippen LogP contribution in [0.25, 0.3) is 0 Å². The Morgan fingerprint density at radius 1 is 1.20 bits per heavy atom. The van der Waals surface area contributed by atoms with Crippen LogP contribution < -0.4 is 11.1 Å². The molecule has 0 fully saturated rings. The smallest absolute Gasteiger partial charge is 0.320 e. The Kier molecular flexibility index (Phi) is 6.69. The van der Waals surface area contributed by atoms with E-state index in [0.717, 1.165) is 5.56 Å². The molecule has 1 amide bonds. The molecule has 0 aliphatic rings. The van der Waals surface area contributed by atoms with Crippen molar-refractivity contribution in [2.75, 3.05) is 6.61 Å². The number of carboxylic acids is 1. The summed E-state index contributed by atoms with van der Waals surface area (Å²) in [6, 6.07) is 8.12. The molecule has 0 radical (unpaired) electrons. The molecule has 1 aromatic carbocycles. The van der Waals surface area contributed by atoms with Gasteiger partial charge in [-0.1, -0.05) is 30.3 Å². The second-order valence-corrected chi connectivity index (χ2v) is 4.54. The fraction of sp³-hybridized carbons (Fsp3) is 0.429. The molecule has 1 unspecified atom stereocenters. The van der Waals surface area contributed by atoms with Gasteiger partial charge in [-0.15, -0.1) is 0 Å². The summed E-state index contributed by atoms with van der Waals surface area (Å²) in [7, 11) is 0. The van der Waals surface area contributed by atoms with Crippen LogP contribution in [0, 0.1) is 0 Å². The minimum absolute atomic E-state index is 0.00456. The van der Waals surface area contributed by atoms with Gasteiger partial charge in [-0.2, -0.15) is 0 Å². The normalized spacial score (nSPS) is 13.7. The van der Waals surface area contributed by atoms with Crippen molar-refractivity contribution in [2.45, 2.75) is 31.3 Å². The Morgan fingerprint density at radius 2 is 1.85 bits per heavy atom. The molecule has 2 atom stereocenters. The molecule has 5 N–H and O–H groups in total. The maximum Gasteiger partial charge on any atom is 0.320 e. The summed E-state index contributed by atoms with van der Waals surface area (Å²) >= 11 is 0. The van der Waals surface area contributed by atoms with Gasteiger partial charge in [0.2, 0.25) is 5.91 Å². The van der Waals surface area contributed by atoms with Crippen LogP contribution in [0.3, 0.4) is 0 Å². The molecule has 110 valence electrons. The number of rotatable bonds is 9. The first-order chi connectivity index (χ1) is 9.54. The quantitative estimate of drug-likeness (QED) is 0.523. The Morgan fingerprint density at radius 3 is 2.35 bits per heavy atom. The predicted octanol–water partition coefficient (Wildman–Crippen LogP) is 0.418. The molecule has 20 heavy (non-hydrogen) atoms. The maximum atomic E-state index is 11.2. The van der Waals surface area contributed by atoms with Crippen molar-refractivity contribution in [1.29, 1.82) is 0 Å². The van der Waals surface area contributed by atoms with Gasteiger partial charge in [0, 0.05) is 19.1 Å². The number of carboxylic acid groups (broad SMARTS) is 1. The van der Waals surface area contributed by atoms with E-state index in [1.165, 1.54) is 0 Å². The molecule has 1 aromatic rings. The molecule has 0 heterocycles. The van der Waals surface area contributed by atoms with Gasteiger partial charge in [-0.25, -0.2) is 0 Å². The summed E-state index contributed by atoms with van der Waals surface area (Å²) < 4.78 is 0. The number of benzene rings is 1. The molecule has 0 saturated heterocycles. The summed E-state index contributed by atoms with van der Waals surface area (Å²) in [4.78, 5) is 22.0. The molecular formula is C14H20N2O4.